The molecule has 2 rings (SSSR count). The molecule has 2 aromatic rings. The van der Waals surface area contributed by atoms with Crippen LogP contribution in [0.5, 0.6) is 0 Å². The summed E-state index contributed by atoms with van der Waals surface area (Å²) in [5, 5.41) is 16.4. The number of tetrazole rings is 1. The lowest BCUT2D eigenvalue weighted by molar-refractivity contribution is 0.251. The number of carbonyl (C=O) groups is 1. The molecule has 1 aromatic heterocycles. The second-order valence-corrected chi connectivity index (χ2v) is 10.9. The van der Waals surface area contributed by atoms with Crippen LogP contribution in [0.3, 0.4) is 0 Å². The van der Waals surface area contributed by atoms with E-state index in [9.17, 15) is 4.79 Å². The molecule has 0 saturated heterocycles. The van der Waals surface area contributed by atoms with Crippen LogP contribution in [-0.2, 0) is 13.6 Å². The van der Waals surface area contributed by atoms with Gasteiger partial charge in [0.25, 0.3) is 5.95 Å². The summed E-state index contributed by atoms with van der Waals surface area (Å²) in [5.74, 6) is 3.37. The van der Waals surface area contributed by atoms with Gasteiger partial charge in [-0.15, -0.1) is 10.6 Å². The minimum Gasteiger partial charge on any atom is -0.334 e. The highest BCUT2D eigenvalue weighted by Crippen LogP contribution is 2.05. The van der Waals surface area contributed by atoms with E-state index in [0.29, 0.717) is 6.54 Å². The number of hydrogen-bond acceptors (Lipinski definition) is 4. The minimum absolute atomic E-state index is 0.168. The zero-order valence-corrected chi connectivity index (χ0v) is 14.7. The van der Waals surface area contributed by atoms with Gasteiger partial charge in [-0.1, -0.05) is 42.8 Å². The lowest BCUT2D eigenvalue weighted by Crippen LogP contribution is -2.28. The fraction of sp³-hybridized carbons (Fsp3) is 0.333. The fourth-order valence-electron chi connectivity index (χ4n) is 1.63. The maximum atomic E-state index is 11.7. The van der Waals surface area contributed by atoms with Gasteiger partial charge in [0.15, 0.2) is 0 Å². The van der Waals surface area contributed by atoms with E-state index in [1.807, 2.05) is 24.3 Å². The van der Waals surface area contributed by atoms with Crippen LogP contribution in [0, 0.1) is 11.5 Å². The van der Waals surface area contributed by atoms with Gasteiger partial charge in [-0.2, -0.15) is 4.80 Å². The van der Waals surface area contributed by atoms with Gasteiger partial charge < -0.3 is 5.32 Å². The molecule has 0 atom stereocenters. The first-order valence-corrected chi connectivity index (χ1v) is 10.7. The molecule has 0 fully saturated rings. The van der Waals surface area contributed by atoms with E-state index in [4.69, 9.17) is 0 Å². The monoisotopic (exact) mass is 328 g/mol. The van der Waals surface area contributed by atoms with Gasteiger partial charge in [0.1, 0.15) is 8.07 Å². The number of hydrogen-bond donors (Lipinski definition) is 2. The summed E-state index contributed by atoms with van der Waals surface area (Å²) < 4.78 is 0. The van der Waals surface area contributed by atoms with Crippen LogP contribution in [0.4, 0.5) is 10.7 Å². The van der Waals surface area contributed by atoms with Crippen LogP contribution in [0.25, 0.3) is 0 Å². The number of amides is 2. The quantitative estimate of drug-likeness (QED) is 0.664. The average Bonchev–Trinajstić information content (AvgIpc) is 2.88. The standard InChI is InChI=1S/C15H20N6OSi/c1-21-19-14(18-20-21)17-15(22)16-11-13-7-5-12(6-8-13)9-10-23(2,3)4/h5-8H,11H2,1-4H3,(H2,16,17,19,22). The number of rotatable bonds is 3. The third kappa shape index (κ3) is 5.92. The summed E-state index contributed by atoms with van der Waals surface area (Å²) in [4.78, 5) is 13.0. The van der Waals surface area contributed by atoms with Crippen molar-refractivity contribution >= 4 is 20.1 Å². The van der Waals surface area contributed by atoms with E-state index in [-0.39, 0.29) is 12.0 Å². The van der Waals surface area contributed by atoms with Gasteiger partial charge in [-0.3, -0.25) is 5.32 Å². The minimum atomic E-state index is -1.36. The van der Waals surface area contributed by atoms with Gasteiger partial charge in [0.05, 0.1) is 7.05 Å². The van der Waals surface area contributed by atoms with Gasteiger partial charge in [-0.25, -0.2) is 4.79 Å². The molecule has 8 heteroatoms. The number of urea groups is 1. The van der Waals surface area contributed by atoms with Crippen molar-refractivity contribution < 1.29 is 4.79 Å². The number of carbonyl (C=O) groups excluding carboxylic acids is 1. The molecule has 120 valence electrons. The Kier molecular flexibility index (Phi) is 5.13. The topological polar surface area (TPSA) is 84.7 Å². The number of aromatic nitrogens is 4. The summed E-state index contributed by atoms with van der Waals surface area (Å²) in [6, 6.07) is 7.46. The fourth-order valence-corrected chi connectivity index (χ4v) is 2.15. The van der Waals surface area contributed by atoms with Crippen molar-refractivity contribution in [3.8, 4) is 11.5 Å². The molecule has 0 radical (unpaired) electrons. The summed E-state index contributed by atoms with van der Waals surface area (Å²) >= 11 is 0. The second-order valence-electron chi connectivity index (χ2n) is 6.11. The Balaban J connectivity index is 1.86. The third-order valence-corrected chi connectivity index (χ3v) is 3.60. The number of nitrogens with zero attached hydrogens (tertiary/aromatic N) is 4. The van der Waals surface area contributed by atoms with Crippen molar-refractivity contribution in [1.29, 1.82) is 0 Å². The molecule has 0 aliphatic rings. The highest BCUT2D eigenvalue weighted by Gasteiger charge is 2.08. The molecule has 23 heavy (non-hydrogen) atoms. The van der Waals surface area contributed by atoms with E-state index in [1.54, 1.807) is 7.05 Å². The van der Waals surface area contributed by atoms with Crippen molar-refractivity contribution in [2.75, 3.05) is 5.32 Å². The van der Waals surface area contributed by atoms with Crippen LogP contribution in [0.1, 0.15) is 11.1 Å². The van der Waals surface area contributed by atoms with Gasteiger partial charge >= 0.3 is 6.03 Å². The summed E-state index contributed by atoms with van der Waals surface area (Å²) in [5.41, 5.74) is 5.31. The van der Waals surface area contributed by atoms with Crippen LogP contribution >= 0.6 is 0 Å². The Hall–Kier alpha value is -2.66. The Morgan fingerprint density at radius 1 is 1.26 bits per heavy atom. The summed E-state index contributed by atoms with van der Waals surface area (Å²) in [7, 11) is 0.263. The van der Waals surface area contributed by atoms with E-state index >= 15 is 0 Å². The van der Waals surface area contributed by atoms with Gasteiger partial charge in [0.2, 0.25) is 0 Å². The predicted molar refractivity (Wildman–Crippen MR) is 91.3 cm³/mol. The van der Waals surface area contributed by atoms with E-state index in [1.165, 1.54) is 4.80 Å². The lowest BCUT2D eigenvalue weighted by Gasteiger charge is -2.05. The normalized spacial score (nSPS) is 10.6. The SMILES string of the molecule is Cn1nnc(NC(=O)NCc2ccc(C#C[Si](C)(C)C)cc2)n1. The number of anilines is 1. The van der Waals surface area contributed by atoms with Crippen LogP contribution in [0.15, 0.2) is 24.3 Å². The van der Waals surface area contributed by atoms with Crippen molar-refractivity contribution in [3.63, 3.8) is 0 Å². The van der Waals surface area contributed by atoms with Crippen molar-refractivity contribution in [2.45, 2.75) is 26.2 Å². The van der Waals surface area contributed by atoms with Crippen LogP contribution < -0.4 is 10.6 Å². The second kappa shape index (κ2) is 7.06. The highest BCUT2D eigenvalue weighted by atomic mass is 28.3. The molecule has 0 aliphatic heterocycles. The summed E-state index contributed by atoms with van der Waals surface area (Å²) in [6.45, 7) is 7.04. The van der Waals surface area contributed by atoms with E-state index < -0.39 is 8.07 Å². The molecule has 0 spiro atoms. The molecule has 0 saturated carbocycles. The molecule has 1 aromatic carbocycles. The van der Waals surface area contributed by atoms with Gasteiger partial charge in [-0.05, 0) is 22.9 Å². The van der Waals surface area contributed by atoms with Crippen molar-refractivity contribution in [3.05, 3.63) is 35.4 Å². The van der Waals surface area contributed by atoms with E-state index in [2.05, 4.69) is 57.1 Å². The molecule has 0 bridgehead atoms. The molecule has 2 amide bonds. The Morgan fingerprint density at radius 2 is 1.96 bits per heavy atom. The van der Waals surface area contributed by atoms with Crippen molar-refractivity contribution in [2.24, 2.45) is 7.05 Å². The van der Waals surface area contributed by atoms with Crippen molar-refractivity contribution in [1.82, 2.24) is 25.5 Å². The molecular formula is C15H20N6OSi. The molecular weight excluding hydrogens is 308 g/mol. The maximum absolute atomic E-state index is 11.7. The zero-order chi connectivity index (χ0) is 16.9. The molecule has 1 heterocycles. The smallest absolute Gasteiger partial charge is 0.321 e. The van der Waals surface area contributed by atoms with Crippen LogP contribution in [0.2, 0.25) is 19.6 Å². The summed E-state index contributed by atoms with van der Waals surface area (Å²) in [6.07, 6.45) is 0. The molecule has 2 N–H and O–H groups in total. The number of benzene rings is 1. The van der Waals surface area contributed by atoms with Crippen LogP contribution in [-0.4, -0.2) is 34.3 Å². The van der Waals surface area contributed by atoms with Gasteiger partial charge in [0, 0.05) is 12.1 Å². The molecule has 0 unspecified atom stereocenters. The zero-order valence-electron chi connectivity index (χ0n) is 13.7. The first-order valence-electron chi connectivity index (χ1n) is 7.23. The third-order valence-electron chi connectivity index (χ3n) is 2.72. The Morgan fingerprint density at radius 3 is 2.52 bits per heavy atom. The largest absolute Gasteiger partial charge is 0.334 e. The first kappa shape index (κ1) is 16.7. The first-order chi connectivity index (χ1) is 10.8. The predicted octanol–water partition coefficient (Wildman–Crippen LogP) is 1.76. The number of aryl methyl sites for hydroxylation is 1. The Bertz CT molecular complexity index is 736. The average molecular weight is 328 g/mol. The highest BCUT2D eigenvalue weighted by molar-refractivity contribution is 6.83. The van der Waals surface area contributed by atoms with E-state index in [0.717, 1.165) is 11.1 Å². The molecule has 7 nitrogen and oxygen atoms in total. The lowest BCUT2D eigenvalue weighted by atomic mass is 10.1. The maximum Gasteiger partial charge on any atom is 0.321 e. The Labute approximate surface area is 136 Å². The molecule has 0 aliphatic carbocycles. The number of nitrogens with one attached hydrogen (secondary N) is 2.